The highest BCUT2D eigenvalue weighted by Crippen LogP contribution is 2.18. The molecule has 0 bridgehead atoms. The monoisotopic (exact) mass is 258 g/mol. The summed E-state index contributed by atoms with van der Waals surface area (Å²) < 4.78 is 6.30. The van der Waals surface area contributed by atoms with E-state index in [1.807, 2.05) is 38.1 Å². The molecule has 0 saturated carbocycles. The van der Waals surface area contributed by atoms with Gasteiger partial charge in [0.2, 0.25) is 0 Å². The van der Waals surface area contributed by atoms with E-state index >= 15 is 0 Å². The van der Waals surface area contributed by atoms with Crippen LogP contribution in [0.25, 0.3) is 0 Å². The van der Waals surface area contributed by atoms with Crippen LogP contribution in [0.5, 0.6) is 0 Å². The maximum Gasteiger partial charge on any atom is 0.102 e. The molecule has 1 N–H and O–H groups in total. The third-order valence-electron chi connectivity index (χ3n) is 1.82. The fourth-order valence-electron chi connectivity index (χ4n) is 1.09. The average Bonchev–Trinajstić information content (AvgIpc) is 2.14. The summed E-state index contributed by atoms with van der Waals surface area (Å²) in [5.41, 5.74) is 0.875. The van der Waals surface area contributed by atoms with E-state index in [9.17, 15) is 5.11 Å². The fraction of sp³-hybridized carbons (Fsp3) is 0.455. The number of hydrogen-bond acceptors (Lipinski definition) is 2. The normalized spacial score (nSPS) is 13.2. The third-order valence-corrected chi connectivity index (χ3v) is 2.31. The topological polar surface area (TPSA) is 29.5 Å². The number of aliphatic hydroxyl groups excluding tert-OH is 1. The second-order valence-electron chi connectivity index (χ2n) is 3.45. The van der Waals surface area contributed by atoms with Crippen LogP contribution in [-0.4, -0.2) is 17.8 Å². The minimum Gasteiger partial charge on any atom is -0.386 e. The van der Waals surface area contributed by atoms with E-state index in [1.54, 1.807) is 0 Å². The Kier molecular flexibility index (Phi) is 4.58. The summed E-state index contributed by atoms with van der Waals surface area (Å²) in [4.78, 5) is 0. The van der Waals surface area contributed by atoms with Crippen LogP contribution in [0, 0.1) is 0 Å². The van der Waals surface area contributed by atoms with Crippen molar-refractivity contribution in [1.29, 1.82) is 0 Å². The summed E-state index contributed by atoms with van der Waals surface area (Å²) in [5, 5.41) is 9.75. The second-order valence-corrected chi connectivity index (χ2v) is 4.37. The highest BCUT2D eigenvalue weighted by Gasteiger charge is 2.08. The van der Waals surface area contributed by atoms with E-state index in [0.717, 1.165) is 10.0 Å². The van der Waals surface area contributed by atoms with Crippen LogP contribution in [0.3, 0.4) is 0 Å². The zero-order valence-electron chi connectivity index (χ0n) is 8.40. The van der Waals surface area contributed by atoms with Gasteiger partial charge in [0.05, 0.1) is 12.7 Å². The Hall–Kier alpha value is -0.380. The molecule has 14 heavy (non-hydrogen) atoms. The van der Waals surface area contributed by atoms with Crippen molar-refractivity contribution in [3.05, 3.63) is 34.3 Å². The molecular formula is C11H15BrO2. The molecule has 1 aromatic carbocycles. The van der Waals surface area contributed by atoms with Crippen LogP contribution < -0.4 is 0 Å². The summed E-state index contributed by atoms with van der Waals surface area (Å²) in [6.07, 6.45) is -0.397. The molecule has 0 saturated heterocycles. The van der Waals surface area contributed by atoms with Gasteiger partial charge in [-0.25, -0.2) is 0 Å². The van der Waals surface area contributed by atoms with Gasteiger partial charge >= 0.3 is 0 Å². The van der Waals surface area contributed by atoms with Crippen LogP contribution in [0.4, 0.5) is 0 Å². The Labute approximate surface area is 93.0 Å². The van der Waals surface area contributed by atoms with E-state index in [0.29, 0.717) is 6.61 Å². The van der Waals surface area contributed by atoms with Crippen molar-refractivity contribution in [2.75, 3.05) is 6.61 Å². The lowest BCUT2D eigenvalue weighted by Gasteiger charge is -2.13. The first-order chi connectivity index (χ1) is 6.59. The molecule has 78 valence electrons. The Morgan fingerprint density at radius 2 is 2.14 bits per heavy atom. The quantitative estimate of drug-likeness (QED) is 0.900. The minimum absolute atomic E-state index is 0.150. The maximum absolute atomic E-state index is 9.75. The van der Waals surface area contributed by atoms with Crippen molar-refractivity contribution < 1.29 is 9.84 Å². The van der Waals surface area contributed by atoms with Crippen molar-refractivity contribution in [3.63, 3.8) is 0 Å². The minimum atomic E-state index is -0.546. The van der Waals surface area contributed by atoms with E-state index in [1.165, 1.54) is 0 Å². The van der Waals surface area contributed by atoms with Crippen molar-refractivity contribution in [2.45, 2.75) is 26.1 Å². The SMILES string of the molecule is CC(C)OCC(O)c1cccc(Br)c1. The number of hydrogen-bond donors (Lipinski definition) is 1. The van der Waals surface area contributed by atoms with Gasteiger partial charge in [-0.3, -0.25) is 0 Å². The predicted molar refractivity (Wildman–Crippen MR) is 60.2 cm³/mol. The molecule has 0 aliphatic rings. The van der Waals surface area contributed by atoms with Crippen molar-refractivity contribution in [1.82, 2.24) is 0 Å². The predicted octanol–water partition coefficient (Wildman–Crippen LogP) is 2.91. The molecular weight excluding hydrogens is 244 g/mol. The highest BCUT2D eigenvalue weighted by atomic mass is 79.9. The molecule has 0 aliphatic carbocycles. The molecule has 1 aromatic rings. The van der Waals surface area contributed by atoms with Crippen LogP contribution in [-0.2, 0) is 4.74 Å². The van der Waals surface area contributed by atoms with Crippen molar-refractivity contribution in [2.24, 2.45) is 0 Å². The second kappa shape index (κ2) is 5.49. The molecule has 0 aromatic heterocycles. The van der Waals surface area contributed by atoms with E-state index in [-0.39, 0.29) is 6.10 Å². The molecule has 2 nitrogen and oxygen atoms in total. The summed E-state index contributed by atoms with van der Waals surface area (Å²) in [7, 11) is 0. The molecule has 0 heterocycles. The Balaban J connectivity index is 2.56. The number of benzene rings is 1. The number of halogens is 1. The van der Waals surface area contributed by atoms with Crippen LogP contribution in [0.15, 0.2) is 28.7 Å². The van der Waals surface area contributed by atoms with Crippen LogP contribution >= 0.6 is 15.9 Å². The highest BCUT2D eigenvalue weighted by molar-refractivity contribution is 9.10. The lowest BCUT2D eigenvalue weighted by molar-refractivity contribution is 0.00491. The molecule has 0 fully saturated rings. The maximum atomic E-state index is 9.75. The molecule has 1 unspecified atom stereocenters. The first-order valence-electron chi connectivity index (χ1n) is 4.64. The molecule has 0 radical (unpaired) electrons. The lowest BCUT2D eigenvalue weighted by Crippen LogP contribution is -2.11. The summed E-state index contributed by atoms with van der Waals surface area (Å²) in [6.45, 7) is 4.25. The van der Waals surface area contributed by atoms with Crippen molar-refractivity contribution in [3.8, 4) is 0 Å². The van der Waals surface area contributed by atoms with E-state index in [2.05, 4.69) is 15.9 Å². The standard InChI is InChI=1S/C11H15BrO2/c1-8(2)14-7-11(13)9-4-3-5-10(12)6-9/h3-6,8,11,13H,7H2,1-2H3. The van der Waals surface area contributed by atoms with Gasteiger partial charge in [-0.2, -0.15) is 0 Å². The number of aliphatic hydroxyl groups is 1. The van der Waals surface area contributed by atoms with E-state index in [4.69, 9.17) is 4.74 Å². The fourth-order valence-corrected chi connectivity index (χ4v) is 1.51. The van der Waals surface area contributed by atoms with Gasteiger partial charge in [0, 0.05) is 4.47 Å². The van der Waals surface area contributed by atoms with Crippen LogP contribution in [0.2, 0.25) is 0 Å². The Morgan fingerprint density at radius 3 is 2.71 bits per heavy atom. The van der Waals surface area contributed by atoms with Gasteiger partial charge in [-0.1, -0.05) is 28.1 Å². The Morgan fingerprint density at radius 1 is 1.43 bits per heavy atom. The van der Waals surface area contributed by atoms with Crippen LogP contribution in [0.1, 0.15) is 25.5 Å². The van der Waals surface area contributed by atoms with Gasteiger partial charge in [0.1, 0.15) is 6.10 Å². The number of ether oxygens (including phenoxy) is 1. The molecule has 0 aliphatic heterocycles. The van der Waals surface area contributed by atoms with Gasteiger partial charge in [0.25, 0.3) is 0 Å². The zero-order chi connectivity index (χ0) is 10.6. The molecule has 1 atom stereocenters. The third kappa shape index (κ3) is 3.78. The summed E-state index contributed by atoms with van der Waals surface area (Å²) in [5.74, 6) is 0. The molecule has 0 spiro atoms. The largest absolute Gasteiger partial charge is 0.386 e. The Bertz CT molecular complexity index is 286. The summed E-state index contributed by atoms with van der Waals surface area (Å²) >= 11 is 3.36. The molecule has 3 heteroatoms. The first-order valence-corrected chi connectivity index (χ1v) is 5.44. The van der Waals surface area contributed by atoms with Gasteiger partial charge in [-0.05, 0) is 31.5 Å². The summed E-state index contributed by atoms with van der Waals surface area (Å²) in [6, 6.07) is 7.62. The van der Waals surface area contributed by atoms with Gasteiger partial charge in [-0.15, -0.1) is 0 Å². The lowest BCUT2D eigenvalue weighted by atomic mass is 10.1. The van der Waals surface area contributed by atoms with E-state index < -0.39 is 6.10 Å². The van der Waals surface area contributed by atoms with Gasteiger partial charge < -0.3 is 9.84 Å². The van der Waals surface area contributed by atoms with Crippen molar-refractivity contribution >= 4 is 15.9 Å². The number of rotatable bonds is 4. The smallest absolute Gasteiger partial charge is 0.102 e. The molecule has 1 rings (SSSR count). The van der Waals surface area contributed by atoms with Gasteiger partial charge in [0.15, 0.2) is 0 Å². The zero-order valence-corrected chi connectivity index (χ0v) is 9.99. The molecule has 0 amide bonds. The average molecular weight is 259 g/mol. The first kappa shape index (κ1) is 11.7.